The van der Waals surface area contributed by atoms with Gasteiger partial charge in [0.1, 0.15) is 5.82 Å². The lowest BCUT2D eigenvalue weighted by Crippen LogP contribution is -2.52. The number of hydrogen-bond donors (Lipinski definition) is 2. The first-order chi connectivity index (χ1) is 9.10. The van der Waals surface area contributed by atoms with E-state index >= 15 is 0 Å². The minimum Gasteiger partial charge on any atom is -0.329 e. The summed E-state index contributed by atoms with van der Waals surface area (Å²) >= 11 is 3.46. The second-order valence-corrected chi connectivity index (χ2v) is 5.73. The molecule has 1 fully saturated rings. The number of hydrogen-bond acceptors (Lipinski definition) is 4. The molecule has 3 N–H and O–H groups in total. The van der Waals surface area contributed by atoms with Crippen LogP contribution in [0.1, 0.15) is 11.6 Å². The van der Waals surface area contributed by atoms with E-state index in [1.165, 1.54) is 12.1 Å². The van der Waals surface area contributed by atoms with Crippen molar-refractivity contribution < 1.29 is 4.39 Å². The molecule has 19 heavy (non-hydrogen) atoms. The van der Waals surface area contributed by atoms with E-state index in [4.69, 9.17) is 5.73 Å². The summed E-state index contributed by atoms with van der Waals surface area (Å²) in [6.45, 7) is 4.36. The van der Waals surface area contributed by atoms with E-state index in [1.807, 2.05) is 0 Å². The maximum atomic E-state index is 13.4. The van der Waals surface area contributed by atoms with E-state index in [-0.39, 0.29) is 11.9 Å². The van der Waals surface area contributed by atoms with Crippen molar-refractivity contribution in [3.8, 4) is 0 Å². The molecular formula is C13H20BrFN4. The Morgan fingerprint density at radius 2 is 2.05 bits per heavy atom. The Balaban J connectivity index is 2.05. The SMILES string of the molecule is CN1CCN(NC(CN)c2cc(F)ccc2Br)CC1. The van der Waals surface area contributed by atoms with Crippen molar-refractivity contribution in [2.75, 3.05) is 39.8 Å². The van der Waals surface area contributed by atoms with Crippen LogP contribution in [0, 0.1) is 5.82 Å². The first-order valence-electron chi connectivity index (χ1n) is 6.45. The summed E-state index contributed by atoms with van der Waals surface area (Å²) in [7, 11) is 2.11. The summed E-state index contributed by atoms with van der Waals surface area (Å²) in [5.41, 5.74) is 10.1. The minimum atomic E-state index is -0.239. The number of likely N-dealkylation sites (N-methyl/N-ethyl adjacent to an activating group) is 1. The highest BCUT2D eigenvalue weighted by Crippen LogP contribution is 2.24. The van der Waals surface area contributed by atoms with Gasteiger partial charge in [-0.2, -0.15) is 0 Å². The van der Waals surface area contributed by atoms with Crippen LogP contribution in [-0.2, 0) is 0 Å². The molecule has 4 nitrogen and oxygen atoms in total. The normalized spacial score (nSPS) is 19.6. The van der Waals surface area contributed by atoms with Gasteiger partial charge in [0.25, 0.3) is 0 Å². The Kier molecular flexibility index (Phi) is 5.29. The van der Waals surface area contributed by atoms with Crippen LogP contribution >= 0.6 is 15.9 Å². The van der Waals surface area contributed by atoms with Crippen LogP contribution in [0.15, 0.2) is 22.7 Å². The standard InChI is InChI=1S/C13H20BrFN4/c1-18-4-6-19(7-5-18)17-13(9-16)11-8-10(15)2-3-12(11)14/h2-3,8,13,17H,4-7,9,16H2,1H3. The second-order valence-electron chi connectivity index (χ2n) is 4.87. The van der Waals surface area contributed by atoms with Crippen molar-refractivity contribution >= 4 is 15.9 Å². The maximum Gasteiger partial charge on any atom is 0.123 e. The molecule has 1 aliphatic heterocycles. The lowest BCUT2D eigenvalue weighted by molar-refractivity contribution is 0.0878. The van der Waals surface area contributed by atoms with Gasteiger partial charge in [0.2, 0.25) is 0 Å². The van der Waals surface area contributed by atoms with E-state index in [0.29, 0.717) is 6.54 Å². The van der Waals surface area contributed by atoms with Crippen LogP contribution in [0.5, 0.6) is 0 Å². The number of hydrazine groups is 1. The quantitative estimate of drug-likeness (QED) is 0.874. The van der Waals surface area contributed by atoms with Gasteiger partial charge >= 0.3 is 0 Å². The Labute approximate surface area is 121 Å². The lowest BCUT2D eigenvalue weighted by Gasteiger charge is -2.35. The van der Waals surface area contributed by atoms with E-state index < -0.39 is 0 Å². The molecule has 0 amide bonds. The number of nitrogens with zero attached hydrogens (tertiary/aromatic N) is 2. The molecule has 0 aliphatic carbocycles. The van der Waals surface area contributed by atoms with E-state index in [0.717, 1.165) is 36.2 Å². The lowest BCUT2D eigenvalue weighted by atomic mass is 10.1. The smallest absolute Gasteiger partial charge is 0.123 e. The largest absolute Gasteiger partial charge is 0.329 e. The molecule has 0 spiro atoms. The fourth-order valence-corrected chi connectivity index (χ4v) is 2.71. The summed E-state index contributed by atoms with van der Waals surface area (Å²) in [5.74, 6) is -0.239. The molecule has 1 saturated heterocycles. The van der Waals surface area contributed by atoms with Crippen molar-refractivity contribution in [3.05, 3.63) is 34.1 Å². The third-order valence-corrected chi connectivity index (χ3v) is 4.13. The molecule has 1 unspecified atom stereocenters. The molecule has 1 aromatic rings. The van der Waals surface area contributed by atoms with Crippen LogP contribution < -0.4 is 11.2 Å². The Bertz CT molecular complexity index is 421. The van der Waals surface area contributed by atoms with Gasteiger partial charge in [-0.3, -0.25) is 0 Å². The second kappa shape index (κ2) is 6.76. The summed E-state index contributed by atoms with van der Waals surface area (Å²) in [5, 5.41) is 2.16. The molecule has 0 radical (unpaired) electrons. The molecule has 1 atom stereocenters. The van der Waals surface area contributed by atoms with Gasteiger partial charge in [0.05, 0.1) is 6.04 Å². The summed E-state index contributed by atoms with van der Waals surface area (Å²) in [6.07, 6.45) is 0. The van der Waals surface area contributed by atoms with Crippen LogP contribution in [0.3, 0.4) is 0 Å². The molecule has 6 heteroatoms. The molecule has 2 rings (SSSR count). The average Bonchev–Trinajstić information content (AvgIpc) is 2.41. The van der Waals surface area contributed by atoms with Gasteiger partial charge in [0.15, 0.2) is 0 Å². The van der Waals surface area contributed by atoms with Crippen LogP contribution in [0.4, 0.5) is 4.39 Å². The topological polar surface area (TPSA) is 44.5 Å². The third-order valence-electron chi connectivity index (χ3n) is 3.41. The number of nitrogens with one attached hydrogen (secondary N) is 1. The molecular weight excluding hydrogens is 311 g/mol. The number of benzene rings is 1. The first-order valence-corrected chi connectivity index (χ1v) is 7.24. The highest BCUT2D eigenvalue weighted by atomic mass is 79.9. The van der Waals surface area contributed by atoms with Crippen molar-refractivity contribution in [2.24, 2.45) is 5.73 Å². The number of rotatable bonds is 4. The van der Waals surface area contributed by atoms with Gasteiger partial charge < -0.3 is 10.6 Å². The predicted molar refractivity (Wildman–Crippen MR) is 78.1 cm³/mol. The maximum absolute atomic E-state index is 13.4. The van der Waals surface area contributed by atoms with Gasteiger partial charge in [-0.05, 0) is 30.8 Å². The molecule has 1 aromatic carbocycles. The zero-order valence-corrected chi connectivity index (χ0v) is 12.7. The monoisotopic (exact) mass is 330 g/mol. The van der Waals surface area contributed by atoms with Crippen molar-refractivity contribution in [1.29, 1.82) is 0 Å². The number of piperazine rings is 1. The van der Waals surface area contributed by atoms with Gasteiger partial charge in [-0.15, -0.1) is 0 Å². The predicted octanol–water partition coefficient (Wildman–Crippen LogP) is 1.34. The highest BCUT2D eigenvalue weighted by Gasteiger charge is 2.19. The summed E-state index contributed by atoms with van der Waals surface area (Å²) in [6, 6.07) is 4.62. The summed E-state index contributed by atoms with van der Waals surface area (Å²) < 4.78 is 14.2. The van der Waals surface area contributed by atoms with Crippen molar-refractivity contribution in [1.82, 2.24) is 15.3 Å². The molecule has 106 valence electrons. The Hall–Kier alpha value is -0.530. The van der Waals surface area contributed by atoms with Crippen LogP contribution in [0.2, 0.25) is 0 Å². The third kappa shape index (κ3) is 3.97. The van der Waals surface area contributed by atoms with E-state index in [1.54, 1.807) is 6.07 Å². The van der Waals surface area contributed by atoms with Gasteiger partial charge in [0, 0.05) is 37.2 Å². The average molecular weight is 331 g/mol. The number of nitrogens with two attached hydrogens (primary N) is 1. The van der Waals surface area contributed by atoms with Gasteiger partial charge in [-0.25, -0.2) is 14.8 Å². The fraction of sp³-hybridized carbons (Fsp3) is 0.538. The zero-order valence-electron chi connectivity index (χ0n) is 11.1. The Morgan fingerprint density at radius 1 is 1.37 bits per heavy atom. The van der Waals surface area contributed by atoms with Crippen LogP contribution in [0.25, 0.3) is 0 Å². The van der Waals surface area contributed by atoms with Crippen molar-refractivity contribution in [2.45, 2.75) is 6.04 Å². The van der Waals surface area contributed by atoms with Crippen LogP contribution in [-0.4, -0.2) is 49.7 Å². The highest BCUT2D eigenvalue weighted by molar-refractivity contribution is 9.10. The molecule has 0 aromatic heterocycles. The molecule has 0 saturated carbocycles. The summed E-state index contributed by atoms with van der Waals surface area (Å²) in [4.78, 5) is 2.29. The van der Waals surface area contributed by atoms with E-state index in [9.17, 15) is 4.39 Å². The van der Waals surface area contributed by atoms with Crippen molar-refractivity contribution in [3.63, 3.8) is 0 Å². The zero-order chi connectivity index (χ0) is 13.8. The Morgan fingerprint density at radius 3 is 2.68 bits per heavy atom. The fourth-order valence-electron chi connectivity index (χ4n) is 2.19. The molecule has 1 heterocycles. The number of halogens is 2. The molecule has 0 bridgehead atoms. The minimum absolute atomic E-state index is 0.0755. The molecule has 1 aliphatic rings. The first kappa shape index (κ1) is 14.9. The van der Waals surface area contributed by atoms with E-state index in [2.05, 4.69) is 38.3 Å². The van der Waals surface area contributed by atoms with Gasteiger partial charge in [-0.1, -0.05) is 15.9 Å².